The van der Waals surface area contributed by atoms with Crippen LogP contribution in [-0.2, 0) is 14.7 Å². The van der Waals surface area contributed by atoms with Crippen molar-refractivity contribution < 1.29 is 13.3 Å². The van der Waals surface area contributed by atoms with Gasteiger partial charge in [-0.25, -0.2) is 8.42 Å². The maximum absolute atomic E-state index is 10.9. The molecule has 4 nitrogen and oxygen atoms in total. The number of hydrogen-bond acceptors (Lipinski definition) is 4. The lowest BCUT2D eigenvalue weighted by molar-refractivity contribution is 0.212. The average Bonchev–Trinajstić information content (AvgIpc) is 1.94. The van der Waals surface area contributed by atoms with Crippen LogP contribution in [0.15, 0.2) is 5.16 Å². The van der Waals surface area contributed by atoms with Gasteiger partial charge in [-0.15, -0.1) is 0 Å². The summed E-state index contributed by atoms with van der Waals surface area (Å²) >= 11 is 0. The number of rotatable bonds is 1. The van der Waals surface area contributed by atoms with E-state index in [1.165, 1.54) is 7.11 Å². The fourth-order valence-electron chi connectivity index (χ4n) is 0.994. The van der Waals surface area contributed by atoms with E-state index in [0.717, 1.165) is 5.71 Å². The highest BCUT2D eigenvalue weighted by atomic mass is 32.2. The van der Waals surface area contributed by atoms with Gasteiger partial charge in [-0.1, -0.05) is 5.16 Å². The van der Waals surface area contributed by atoms with Crippen LogP contribution in [0.3, 0.4) is 0 Å². The van der Waals surface area contributed by atoms with Crippen LogP contribution in [0.25, 0.3) is 0 Å². The van der Waals surface area contributed by atoms with Crippen LogP contribution in [0.4, 0.5) is 0 Å². The summed E-state index contributed by atoms with van der Waals surface area (Å²) in [5.41, 5.74) is 0.849. The van der Waals surface area contributed by atoms with Crippen molar-refractivity contribution in [2.45, 2.75) is 12.8 Å². The van der Waals surface area contributed by atoms with E-state index in [9.17, 15) is 8.42 Å². The van der Waals surface area contributed by atoms with Crippen molar-refractivity contribution in [1.82, 2.24) is 0 Å². The van der Waals surface area contributed by atoms with E-state index in [4.69, 9.17) is 0 Å². The van der Waals surface area contributed by atoms with Crippen LogP contribution in [0.5, 0.6) is 0 Å². The van der Waals surface area contributed by atoms with Crippen molar-refractivity contribution in [3.05, 3.63) is 0 Å². The van der Waals surface area contributed by atoms with Gasteiger partial charge in [0.1, 0.15) is 7.11 Å². The van der Waals surface area contributed by atoms with Gasteiger partial charge in [0.05, 0.1) is 17.2 Å². The smallest absolute Gasteiger partial charge is 0.151 e. The summed E-state index contributed by atoms with van der Waals surface area (Å²) in [6, 6.07) is 0. The van der Waals surface area contributed by atoms with Gasteiger partial charge in [-0.2, -0.15) is 0 Å². The molecular formula is C6H11NO3S. The second kappa shape index (κ2) is 3.21. The van der Waals surface area contributed by atoms with Gasteiger partial charge >= 0.3 is 0 Å². The Labute approximate surface area is 66.1 Å². The van der Waals surface area contributed by atoms with E-state index in [1.54, 1.807) is 0 Å². The van der Waals surface area contributed by atoms with Crippen molar-refractivity contribution in [3.8, 4) is 0 Å². The van der Waals surface area contributed by atoms with Crippen molar-refractivity contribution >= 4 is 15.5 Å². The zero-order valence-electron chi connectivity index (χ0n) is 6.41. The van der Waals surface area contributed by atoms with Crippen LogP contribution in [0, 0.1) is 0 Å². The van der Waals surface area contributed by atoms with Gasteiger partial charge in [0, 0.05) is 12.8 Å². The fourth-order valence-corrected chi connectivity index (χ4v) is 2.29. The van der Waals surface area contributed by atoms with E-state index < -0.39 is 9.84 Å². The number of sulfone groups is 1. The minimum absolute atomic E-state index is 0.217. The van der Waals surface area contributed by atoms with Crippen LogP contribution in [-0.4, -0.2) is 32.7 Å². The van der Waals surface area contributed by atoms with Crippen LogP contribution >= 0.6 is 0 Å². The number of nitrogens with zero attached hydrogens (tertiary/aromatic N) is 1. The van der Waals surface area contributed by atoms with Gasteiger partial charge in [-0.05, 0) is 0 Å². The second-order valence-electron chi connectivity index (χ2n) is 2.49. The molecule has 0 saturated carbocycles. The van der Waals surface area contributed by atoms with Gasteiger partial charge < -0.3 is 4.84 Å². The van der Waals surface area contributed by atoms with Crippen molar-refractivity contribution in [2.75, 3.05) is 18.6 Å². The lowest BCUT2D eigenvalue weighted by Crippen LogP contribution is -2.23. The van der Waals surface area contributed by atoms with E-state index in [0.29, 0.717) is 12.8 Å². The largest absolute Gasteiger partial charge is 0.399 e. The maximum Gasteiger partial charge on any atom is 0.151 e. The third-order valence-corrected chi connectivity index (χ3v) is 3.28. The Kier molecular flexibility index (Phi) is 2.49. The normalized spacial score (nSPS) is 22.8. The summed E-state index contributed by atoms with van der Waals surface area (Å²) in [6.45, 7) is 0. The molecule has 1 aliphatic rings. The standard InChI is InChI=1S/C6H11NO3S/c1-10-7-6-2-4-11(8,9)5-3-6/h2-5H2,1H3. The molecule has 1 fully saturated rings. The minimum Gasteiger partial charge on any atom is -0.399 e. The van der Waals surface area contributed by atoms with Gasteiger partial charge in [0.15, 0.2) is 9.84 Å². The molecule has 0 radical (unpaired) electrons. The van der Waals surface area contributed by atoms with Gasteiger partial charge in [0.25, 0.3) is 0 Å². The fraction of sp³-hybridized carbons (Fsp3) is 0.833. The molecule has 1 rings (SSSR count). The van der Waals surface area contributed by atoms with Crippen LogP contribution < -0.4 is 0 Å². The first-order valence-electron chi connectivity index (χ1n) is 3.43. The molecule has 0 aromatic rings. The van der Waals surface area contributed by atoms with Crippen molar-refractivity contribution in [2.24, 2.45) is 5.16 Å². The molecule has 0 aromatic carbocycles. The zero-order valence-corrected chi connectivity index (χ0v) is 7.23. The third kappa shape index (κ3) is 2.49. The van der Waals surface area contributed by atoms with Crippen molar-refractivity contribution in [3.63, 3.8) is 0 Å². The van der Waals surface area contributed by atoms with Crippen LogP contribution in [0.2, 0.25) is 0 Å². The second-order valence-corrected chi connectivity index (χ2v) is 4.80. The highest BCUT2D eigenvalue weighted by Gasteiger charge is 2.19. The molecule has 11 heavy (non-hydrogen) atoms. The number of hydrogen-bond donors (Lipinski definition) is 0. The zero-order chi connectivity index (χ0) is 8.32. The molecule has 0 N–H and O–H groups in total. The molecule has 0 aromatic heterocycles. The average molecular weight is 177 g/mol. The van der Waals surface area contributed by atoms with Gasteiger partial charge in [0.2, 0.25) is 0 Å². The molecule has 1 saturated heterocycles. The molecule has 0 atom stereocenters. The predicted molar refractivity (Wildman–Crippen MR) is 42.3 cm³/mol. The van der Waals surface area contributed by atoms with E-state index >= 15 is 0 Å². The highest BCUT2D eigenvalue weighted by Crippen LogP contribution is 2.08. The molecule has 1 heterocycles. The molecule has 1 aliphatic heterocycles. The SMILES string of the molecule is CON=C1CCS(=O)(=O)CC1. The van der Waals surface area contributed by atoms with Gasteiger partial charge in [-0.3, -0.25) is 0 Å². The molecule has 64 valence electrons. The van der Waals surface area contributed by atoms with E-state index in [2.05, 4.69) is 9.99 Å². The molecule has 0 unspecified atom stereocenters. The van der Waals surface area contributed by atoms with Crippen LogP contribution in [0.1, 0.15) is 12.8 Å². The monoisotopic (exact) mass is 177 g/mol. The summed E-state index contributed by atoms with van der Waals surface area (Å²) in [5.74, 6) is 0.435. The lowest BCUT2D eigenvalue weighted by atomic mass is 10.2. The van der Waals surface area contributed by atoms with E-state index in [1.807, 2.05) is 0 Å². The molecule has 0 bridgehead atoms. The molecule has 0 amide bonds. The third-order valence-electron chi connectivity index (χ3n) is 1.62. The minimum atomic E-state index is -2.77. The first-order chi connectivity index (χ1) is 5.14. The topological polar surface area (TPSA) is 55.7 Å². The maximum atomic E-state index is 10.9. The Balaban J connectivity index is 2.55. The summed E-state index contributed by atoms with van der Waals surface area (Å²) < 4.78 is 21.8. The molecule has 5 heteroatoms. The Morgan fingerprint density at radius 1 is 1.36 bits per heavy atom. The Hall–Kier alpha value is -0.580. The Morgan fingerprint density at radius 2 is 1.91 bits per heavy atom. The molecular weight excluding hydrogens is 166 g/mol. The Morgan fingerprint density at radius 3 is 2.36 bits per heavy atom. The summed E-state index contributed by atoms with van der Waals surface area (Å²) in [5, 5.41) is 3.70. The summed E-state index contributed by atoms with van der Waals surface area (Å²) in [6.07, 6.45) is 1.05. The summed E-state index contributed by atoms with van der Waals surface area (Å²) in [7, 11) is -1.30. The quantitative estimate of drug-likeness (QED) is 0.537. The first kappa shape index (κ1) is 8.52. The first-order valence-corrected chi connectivity index (χ1v) is 5.25. The number of oxime groups is 1. The predicted octanol–water partition coefficient (Wildman–Crippen LogP) is 0.197. The van der Waals surface area contributed by atoms with E-state index in [-0.39, 0.29) is 11.5 Å². The summed E-state index contributed by atoms with van der Waals surface area (Å²) in [4.78, 5) is 4.54. The van der Waals surface area contributed by atoms with Crippen molar-refractivity contribution in [1.29, 1.82) is 0 Å². The molecule has 0 aliphatic carbocycles. The Bertz CT molecular complexity index is 239. The lowest BCUT2D eigenvalue weighted by Gasteiger charge is -2.11. The highest BCUT2D eigenvalue weighted by molar-refractivity contribution is 7.91. The molecule has 0 spiro atoms.